The summed E-state index contributed by atoms with van der Waals surface area (Å²) in [6.45, 7) is -2.01. The highest BCUT2D eigenvalue weighted by Gasteiger charge is 2.37. The number of amides is 1. The number of carbonyl (C=O) groups excluding carboxylic acids is 1. The highest BCUT2D eigenvalue weighted by atomic mass is 19.4. The van der Waals surface area contributed by atoms with Gasteiger partial charge in [0.15, 0.2) is 0 Å². The number of benzene rings is 1. The molecule has 1 amide bonds. The molecule has 0 aliphatic heterocycles. The van der Waals surface area contributed by atoms with E-state index in [2.05, 4.69) is 9.97 Å². The first kappa shape index (κ1) is 25.6. The van der Waals surface area contributed by atoms with Crippen molar-refractivity contribution < 1.29 is 48.6 Å². The van der Waals surface area contributed by atoms with Gasteiger partial charge in [0.25, 0.3) is 5.56 Å². The predicted octanol–water partition coefficient (Wildman–Crippen LogP) is -2.60. The summed E-state index contributed by atoms with van der Waals surface area (Å²) in [6.07, 6.45) is -13.0. The van der Waals surface area contributed by atoms with Gasteiger partial charge in [0.1, 0.15) is 30.6 Å². The van der Waals surface area contributed by atoms with E-state index in [-0.39, 0.29) is 16.7 Å². The monoisotopic (exact) mass is 465 g/mol. The summed E-state index contributed by atoms with van der Waals surface area (Å²) < 4.78 is 38.5. The fraction of sp³-hybridized carbons (Fsp3) is 0.500. The number of rotatable bonds is 9. The van der Waals surface area contributed by atoms with E-state index in [9.17, 15) is 43.2 Å². The number of carbonyl (C=O) groups is 1. The first-order valence-electron chi connectivity index (χ1n) is 9.22. The normalized spacial score (nSPS) is 16.9. The molecule has 5 atom stereocenters. The summed E-state index contributed by atoms with van der Waals surface area (Å²) in [5, 5.41) is 59.9. The fourth-order valence-electron chi connectivity index (χ4n) is 2.95. The minimum atomic E-state index is -4.64. The van der Waals surface area contributed by atoms with Crippen molar-refractivity contribution in [1.82, 2.24) is 15.3 Å². The molecule has 0 radical (unpaired) electrons. The Kier molecular flexibility index (Phi) is 8.28. The second-order valence-electron chi connectivity index (χ2n) is 7.00. The molecule has 1 heterocycles. The number of halogens is 3. The molecule has 178 valence electrons. The van der Waals surface area contributed by atoms with Crippen LogP contribution in [0, 0.1) is 0 Å². The van der Waals surface area contributed by atoms with Gasteiger partial charge < -0.3 is 40.9 Å². The topological polar surface area (TPSA) is 196 Å². The number of aromatic nitrogens is 2. The van der Waals surface area contributed by atoms with Gasteiger partial charge in [-0.3, -0.25) is 9.59 Å². The maximum Gasteiger partial charge on any atom is 0.416 e. The third kappa shape index (κ3) is 5.99. The van der Waals surface area contributed by atoms with E-state index in [1.165, 1.54) is 0 Å². The number of nitrogens with one attached hydrogen (secondary N) is 2. The van der Waals surface area contributed by atoms with Crippen LogP contribution in [0.25, 0.3) is 11.0 Å². The van der Waals surface area contributed by atoms with Crippen molar-refractivity contribution in [2.75, 3.05) is 13.2 Å². The Morgan fingerprint density at radius 2 is 1.75 bits per heavy atom. The molecule has 0 saturated heterocycles. The molecule has 2 aromatic rings. The molecule has 0 saturated carbocycles. The summed E-state index contributed by atoms with van der Waals surface area (Å²) >= 11 is 0. The second-order valence-corrected chi connectivity index (χ2v) is 7.00. The average Bonchev–Trinajstić information content (AvgIpc) is 2.74. The molecule has 32 heavy (non-hydrogen) atoms. The Morgan fingerprint density at radius 3 is 2.31 bits per heavy atom. The molecule has 0 fully saturated rings. The number of H-pyrrole nitrogens is 1. The third-order valence-corrected chi connectivity index (χ3v) is 4.68. The van der Waals surface area contributed by atoms with Crippen LogP contribution < -0.4 is 10.9 Å². The predicted molar refractivity (Wildman–Crippen MR) is 101 cm³/mol. The van der Waals surface area contributed by atoms with E-state index >= 15 is 0 Å². The van der Waals surface area contributed by atoms with Gasteiger partial charge in [-0.1, -0.05) is 0 Å². The van der Waals surface area contributed by atoms with Gasteiger partial charge in [0.2, 0.25) is 5.91 Å². The van der Waals surface area contributed by atoms with Crippen LogP contribution in [0.2, 0.25) is 0 Å². The minimum Gasteiger partial charge on any atom is -0.394 e. The fourth-order valence-corrected chi connectivity index (χ4v) is 2.95. The van der Waals surface area contributed by atoms with Gasteiger partial charge in [-0.25, -0.2) is 4.98 Å². The number of alkyl halides is 3. The Bertz CT molecular complexity index is 1000. The van der Waals surface area contributed by atoms with E-state index in [1.54, 1.807) is 0 Å². The standard InChI is InChI=1S/C18H22F3N3O8/c19-18(20,21)7-1-2-8-9(3-7)23-17(32)10(22-8)4-11(27)14(24-13(29)6-26)16(31)15(30)12(28)5-25/h1-3,11-12,14-16,25-28,30-31H,4-6H2,(H,23,32)(H,24,29)/t11-,12-,14-,15+,16-/m1/s1. The van der Waals surface area contributed by atoms with E-state index in [0.717, 1.165) is 12.1 Å². The lowest BCUT2D eigenvalue weighted by molar-refractivity contribution is -0.137. The van der Waals surface area contributed by atoms with Crippen LogP contribution in [0.15, 0.2) is 23.0 Å². The highest BCUT2D eigenvalue weighted by molar-refractivity contribution is 5.77. The first-order valence-corrected chi connectivity index (χ1v) is 9.22. The number of hydrogen-bond acceptors (Lipinski definition) is 9. The summed E-state index contributed by atoms with van der Waals surface area (Å²) in [5.41, 5.74) is -2.57. The summed E-state index contributed by atoms with van der Waals surface area (Å²) in [7, 11) is 0. The van der Waals surface area contributed by atoms with Crippen molar-refractivity contribution in [3.05, 3.63) is 39.8 Å². The summed E-state index contributed by atoms with van der Waals surface area (Å²) in [6, 6.07) is 0.708. The number of aliphatic hydroxyl groups excluding tert-OH is 6. The molecule has 11 nitrogen and oxygen atoms in total. The third-order valence-electron chi connectivity index (χ3n) is 4.68. The van der Waals surface area contributed by atoms with Gasteiger partial charge in [-0.2, -0.15) is 13.2 Å². The van der Waals surface area contributed by atoms with Gasteiger partial charge in [-0.05, 0) is 18.2 Å². The largest absolute Gasteiger partial charge is 0.416 e. The molecule has 14 heteroatoms. The molecular weight excluding hydrogens is 443 g/mol. The van der Waals surface area contributed by atoms with Crippen LogP contribution in [0.4, 0.5) is 13.2 Å². The van der Waals surface area contributed by atoms with Gasteiger partial charge in [-0.15, -0.1) is 0 Å². The van der Waals surface area contributed by atoms with Crippen molar-refractivity contribution in [2.45, 2.75) is 43.1 Å². The lowest BCUT2D eigenvalue weighted by Gasteiger charge is -2.32. The van der Waals surface area contributed by atoms with Crippen LogP contribution >= 0.6 is 0 Å². The molecule has 1 aromatic carbocycles. The lowest BCUT2D eigenvalue weighted by atomic mass is 9.94. The number of aromatic amines is 1. The quantitative estimate of drug-likeness (QED) is 0.196. The van der Waals surface area contributed by atoms with Crippen LogP contribution in [0.3, 0.4) is 0 Å². The van der Waals surface area contributed by atoms with Crippen LogP contribution in [0.1, 0.15) is 11.3 Å². The Hall–Kier alpha value is -2.62. The molecule has 0 unspecified atom stereocenters. The van der Waals surface area contributed by atoms with Crippen molar-refractivity contribution >= 4 is 16.9 Å². The Balaban J connectivity index is 2.34. The van der Waals surface area contributed by atoms with Crippen molar-refractivity contribution in [2.24, 2.45) is 0 Å². The number of hydrogen-bond donors (Lipinski definition) is 8. The molecule has 2 rings (SSSR count). The maximum atomic E-state index is 12.8. The zero-order valence-electron chi connectivity index (χ0n) is 16.3. The van der Waals surface area contributed by atoms with E-state index < -0.39 is 73.3 Å². The smallest absolute Gasteiger partial charge is 0.394 e. The molecule has 0 spiro atoms. The van der Waals surface area contributed by atoms with Crippen molar-refractivity contribution in [1.29, 1.82) is 0 Å². The van der Waals surface area contributed by atoms with Gasteiger partial charge in [0.05, 0.1) is 35.3 Å². The molecule has 1 aromatic heterocycles. The van der Waals surface area contributed by atoms with Gasteiger partial charge in [0, 0.05) is 6.42 Å². The van der Waals surface area contributed by atoms with E-state index in [1.807, 2.05) is 5.32 Å². The Morgan fingerprint density at radius 1 is 1.09 bits per heavy atom. The first-order chi connectivity index (χ1) is 14.9. The second kappa shape index (κ2) is 10.3. The van der Waals surface area contributed by atoms with E-state index in [0.29, 0.717) is 6.07 Å². The minimum absolute atomic E-state index is 0.0352. The number of aliphatic hydroxyl groups is 6. The van der Waals surface area contributed by atoms with Crippen LogP contribution in [-0.2, 0) is 17.4 Å². The SMILES string of the molecule is O=C(CO)N[C@@H]([C@@H](O)[C@@H](O)[C@H](O)CO)[C@H](O)Cc1nc2ccc(C(F)(F)F)cc2[nH]c1=O. The molecule has 0 aliphatic carbocycles. The maximum absolute atomic E-state index is 12.8. The Labute approximate surface area is 177 Å². The molecule has 8 N–H and O–H groups in total. The van der Waals surface area contributed by atoms with Gasteiger partial charge >= 0.3 is 6.18 Å². The molecule has 0 aliphatic rings. The lowest BCUT2D eigenvalue weighted by Crippen LogP contribution is -2.58. The zero-order chi connectivity index (χ0) is 24.2. The zero-order valence-corrected chi connectivity index (χ0v) is 16.3. The van der Waals surface area contributed by atoms with Crippen LogP contribution in [0.5, 0.6) is 0 Å². The summed E-state index contributed by atoms with van der Waals surface area (Å²) in [4.78, 5) is 29.9. The highest BCUT2D eigenvalue weighted by Crippen LogP contribution is 2.30. The van der Waals surface area contributed by atoms with Crippen LogP contribution in [-0.4, -0.2) is 90.2 Å². The van der Waals surface area contributed by atoms with Crippen molar-refractivity contribution in [3.8, 4) is 0 Å². The summed E-state index contributed by atoms with van der Waals surface area (Å²) in [5.74, 6) is -1.07. The average molecular weight is 465 g/mol. The van der Waals surface area contributed by atoms with E-state index in [4.69, 9.17) is 10.2 Å². The number of nitrogens with zero attached hydrogens (tertiary/aromatic N) is 1. The van der Waals surface area contributed by atoms with Crippen molar-refractivity contribution in [3.63, 3.8) is 0 Å². The number of fused-ring (bicyclic) bond motifs is 1. The molecular formula is C18H22F3N3O8. The molecule has 0 bridgehead atoms.